The first-order chi connectivity index (χ1) is 8.15. The summed E-state index contributed by atoms with van der Waals surface area (Å²) in [7, 11) is 0. The van der Waals surface area contributed by atoms with E-state index in [4.69, 9.17) is 12.2 Å². The molecule has 3 N–H and O–H groups in total. The van der Waals surface area contributed by atoms with E-state index >= 15 is 0 Å². The highest BCUT2D eigenvalue weighted by Gasteiger charge is 2.08. The fourth-order valence-electron chi connectivity index (χ4n) is 1.61. The van der Waals surface area contributed by atoms with E-state index in [2.05, 4.69) is 11.2 Å². The maximum absolute atomic E-state index is 11.7. The van der Waals surface area contributed by atoms with Crippen LogP contribution in [-0.2, 0) is 4.79 Å². The molecule has 1 aromatic rings. The Morgan fingerprint density at radius 3 is 3.00 bits per heavy atom. The van der Waals surface area contributed by atoms with Crippen LogP contribution in [-0.4, -0.2) is 11.9 Å². The lowest BCUT2D eigenvalue weighted by atomic mass is 10.1. The van der Waals surface area contributed by atoms with Crippen molar-refractivity contribution >= 4 is 11.6 Å². The Hall–Kier alpha value is -1.79. The van der Waals surface area contributed by atoms with Gasteiger partial charge in [-0.05, 0) is 24.6 Å². The van der Waals surface area contributed by atoms with E-state index in [-0.39, 0.29) is 11.9 Å². The fourth-order valence-corrected chi connectivity index (χ4v) is 1.61. The Kier molecular flexibility index (Phi) is 5.25. The molecule has 1 rings (SSSR count). The lowest BCUT2D eigenvalue weighted by Gasteiger charge is -2.10. The second-order valence-electron chi connectivity index (χ2n) is 4.03. The number of carbonyl (C=O) groups is 1. The third-order valence-corrected chi connectivity index (χ3v) is 2.42. The lowest BCUT2D eigenvalue weighted by molar-refractivity contribution is -0.116. The normalized spacial score (nSPS) is 11.6. The summed E-state index contributed by atoms with van der Waals surface area (Å²) in [6.07, 6.45) is 7.47. The van der Waals surface area contributed by atoms with Crippen molar-refractivity contribution in [2.24, 2.45) is 5.73 Å². The molecule has 0 fully saturated rings. The van der Waals surface area contributed by atoms with Gasteiger partial charge in [0.25, 0.3) is 0 Å². The Balaban J connectivity index is 2.53. The maximum atomic E-state index is 11.7. The van der Waals surface area contributed by atoms with Crippen molar-refractivity contribution in [1.82, 2.24) is 0 Å². The second kappa shape index (κ2) is 6.72. The molecule has 0 heterocycles. The summed E-state index contributed by atoms with van der Waals surface area (Å²) in [5.74, 6) is 2.46. The number of nitrogens with two attached hydrogens (primary N) is 1. The maximum Gasteiger partial charge on any atom is 0.225 e. The van der Waals surface area contributed by atoms with Gasteiger partial charge in [0, 0.05) is 23.7 Å². The van der Waals surface area contributed by atoms with Crippen molar-refractivity contribution in [1.29, 1.82) is 0 Å². The van der Waals surface area contributed by atoms with Crippen LogP contribution in [0.15, 0.2) is 24.3 Å². The van der Waals surface area contributed by atoms with Crippen molar-refractivity contribution in [2.45, 2.75) is 32.2 Å². The molecule has 1 unspecified atom stereocenters. The van der Waals surface area contributed by atoms with E-state index in [9.17, 15) is 4.79 Å². The summed E-state index contributed by atoms with van der Waals surface area (Å²) < 4.78 is 0. The summed E-state index contributed by atoms with van der Waals surface area (Å²) in [6.45, 7) is 2.05. The molecule has 3 nitrogen and oxygen atoms in total. The van der Waals surface area contributed by atoms with Crippen LogP contribution in [0.2, 0.25) is 0 Å². The summed E-state index contributed by atoms with van der Waals surface area (Å²) in [6, 6.07) is 7.14. The Labute approximate surface area is 102 Å². The lowest BCUT2D eigenvalue weighted by Crippen LogP contribution is -2.26. The number of benzene rings is 1. The molecule has 0 saturated heterocycles. The number of rotatable bonds is 5. The predicted molar refractivity (Wildman–Crippen MR) is 70.5 cm³/mol. The monoisotopic (exact) mass is 230 g/mol. The number of amides is 1. The van der Waals surface area contributed by atoms with E-state index < -0.39 is 0 Å². The molecule has 0 radical (unpaired) electrons. The zero-order chi connectivity index (χ0) is 12.7. The smallest absolute Gasteiger partial charge is 0.225 e. The van der Waals surface area contributed by atoms with Crippen molar-refractivity contribution in [3.63, 3.8) is 0 Å². The quantitative estimate of drug-likeness (QED) is 0.761. The molecule has 0 saturated carbocycles. The number of hydrogen-bond acceptors (Lipinski definition) is 2. The first-order valence-electron chi connectivity index (χ1n) is 5.77. The summed E-state index contributed by atoms with van der Waals surface area (Å²) in [5, 5.41) is 2.79. The average molecular weight is 230 g/mol. The van der Waals surface area contributed by atoms with E-state index in [1.165, 1.54) is 0 Å². The Morgan fingerprint density at radius 1 is 1.59 bits per heavy atom. The highest BCUT2D eigenvalue weighted by molar-refractivity contribution is 5.91. The summed E-state index contributed by atoms with van der Waals surface area (Å²) in [5.41, 5.74) is 7.27. The molecule has 3 heteroatoms. The van der Waals surface area contributed by atoms with E-state index in [0.717, 1.165) is 18.4 Å². The molecule has 0 aromatic heterocycles. The van der Waals surface area contributed by atoms with Crippen LogP contribution in [0, 0.1) is 12.3 Å². The molecule has 17 heavy (non-hydrogen) atoms. The summed E-state index contributed by atoms with van der Waals surface area (Å²) in [4.78, 5) is 11.7. The van der Waals surface area contributed by atoms with Gasteiger partial charge in [-0.3, -0.25) is 4.79 Å². The van der Waals surface area contributed by atoms with Gasteiger partial charge < -0.3 is 11.1 Å². The largest absolute Gasteiger partial charge is 0.327 e. The number of nitrogens with one attached hydrogen (secondary N) is 1. The zero-order valence-electron chi connectivity index (χ0n) is 10.1. The van der Waals surface area contributed by atoms with Crippen LogP contribution in [0.4, 0.5) is 5.69 Å². The van der Waals surface area contributed by atoms with Crippen molar-refractivity contribution < 1.29 is 4.79 Å². The fraction of sp³-hybridized carbons (Fsp3) is 0.357. The Bertz CT molecular complexity index is 420. The molecule has 1 aromatic carbocycles. The minimum atomic E-state index is -0.0733. The minimum absolute atomic E-state index is 0.0693. The number of hydrogen-bond donors (Lipinski definition) is 2. The second-order valence-corrected chi connectivity index (χ2v) is 4.03. The van der Waals surface area contributed by atoms with Gasteiger partial charge in [0.1, 0.15) is 0 Å². The molecule has 90 valence electrons. The zero-order valence-corrected chi connectivity index (χ0v) is 10.1. The van der Waals surface area contributed by atoms with Gasteiger partial charge in [-0.2, -0.15) is 0 Å². The topological polar surface area (TPSA) is 55.1 Å². The number of terminal acetylenes is 1. The average Bonchev–Trinajstić information content (AvgIpc) is 2.29. The van der Waals surface area contributed by atoms with Crippen LogP contribution in [0.5, 0.6) is 0 Å². The number of anilines is 1. The van der Waals surface area contributed by atoms with Gasteiger partial charge in [-0.1, -0.05) is 25.3 Å². The standard InChI is InChI=1S/C14H18N2O/c1-3-6-12(15)10-14(17)16-13-8-5-7-11(4-2)9-13/h2,5,7-9,12H,3,6,10,15H2,1H3,(H,16,17). The molecular formula is C14H18N2O. The molecule has 0 aliphatic carbocycles. The van der Waals surface area contributed by atoms with Crippen molar-refractivity contribution in [3.8, 4) is 12.3 Å². The van der Waals surface area contributed by atoms with Gasteiger partial charge in [-0.15, -0.1) is 6.42 Å². The van der Waals surface area contributed by atoms with Gasteiger partial charge in [0.05, 0.1) is 0 Å². The minimum Gasteiger partial charge on any atom is -0.327 e. The van der Waals surface area contributed by atoms with Crippen LogP contribution < -0.4 is 11.1 Å². The third kappa shape index (κ3) is 4.71. The highest BCUT2D eigenvalue weighted by Crippen LogP contribution is 2.10. The molecule has 0 aliphatic heterocycles. The van der Waals surface area contributed by atoms with Gasteiger partial charge >= 0.3 is 0 Å². The van der Waals surface area contributed by atoms with Crippen LogP contribution in [0.25, 0.3) is 0 Å². The first kappa shape index (κ1) is 13.3. The third-order valence-electron chi connectivity index (χ3n) is 2.42. The molecule has 1 atom stereocenters. The van der Waals surface area contributed by atoms with Crippen LogP contribution in [0.3, 0.4) is 0 Å². The van der Waals surface area contributed by atoms with Crippen LogP contribution >= 0.6 is 0 Å². The molecule has 1 amide bonds. The molecule has 0 aliphatic rings. The number of carbonyl (C=O) groups excluding carboxylic acids is 1. The predicted octanol–water partition coefficient (Wildman–Crippen LogP) is 2.12. The van der Waals surface area contributed by atoms with E-state index in [0.29, 0.717) is 12.1 Å². The molecule has 0 bridgehead atoms. The van der Waals surface area contributed by atoms with E-state index in [1.807, 2.05) is 25.1 Å². The summed E-state index contributed by atoms with van der Waals surface area (Å²) >= 11 is 0. The van der Waals surface area contributed by atoms with Gasteiger partial charge in [0.15, 0.2) is 0 Å². The first-order valence-corrected chi connectivity index (χ1v) is 5.77. The Morgan fingerprint density at radius 2 is 2.35 bits per heavy atom. The SMILES string of the molecule is C#Cc1cccc(NC(=O)CC(N)CCC)c1. The van der Waals surface area contributed by atoms with Crippen molar-refractivity contribution in [2.75, 3.05) is 5.32 Å². The van der Waals surface area contributed by atoms with Gasteiger partial charge in [-0.25, -0.2) is 0 Å². The highest BCUT2D eigenvalue weighted by atomic mass is 16.1. The van der Waals surface area contributed by atoms with E-state index in [1.54, 1.807) is 6.07 Å². The van der Waals surface area contributed by atoms with Crippen molar-refractivity contribution in [3.05, 3.63) is 29.8 Å². The molecule has 0 spiro atoms. The van der Waals surface area contributed by atoms with Crippen LogP contribution in [0.1, 0.15) is 31.7 Å². The van der Waals surface area contributed by atoms with Gasteiger partial charge in [0.2, 0.25) is 5.91 Å². The molecular weight excluding hydrogens is 212 g/mol.